The van der Waals surface area contributed by atoms with Gasteiger partial charge in [0.15, 0.2) is 0 Å². The molecule has 4 heteroatoms. The number of nitrogen functional groups attached to an aromatic ring is 1. The van der Waals surface area contributed by atoms with Crippen LogP contribution in [-0.2, 0) is 17.8 Å². The zero-order valence-electron chi connectivity index (χ0n) is 12.1. The van der Waals surface area contributed by atoms with Gasteiger partial charge in [0.2, 0.25) is 5.91 Å². The summed E-state index contributed by atoms with van der Waals surface area (Å²) in [6, 6.07) is 14.3. The number of benzene rings is 2. The molecule has 0 atom stereocenters. The Morgan fingerprint density at radius 2 is 1.86 bits per heavy atom. The largest absolute Gasteiger partial charge is 0.508 e. The second kappa shape index (κ2) is 6.79. The molecule has 21 heavy (non-hydrogen) atoms. The number of nitrogens with two attached hydrogens (primary N) is 1. The van der Waals surface area contributed by atoms with Gasteiger partial charge >= 0.3 is 0 Å². The molecule has 0 unspecified atom stereocenters. The second-order valence-corrected chi connectivity index (χ2v) is 5.00. The first-order chi connectivity index (χ1) is 10.1. The lowest BCUT2D eigenvalue weighted by atomic mass is 10.1. The first-order valence-corrected chi connectivity index (χ1v) is 6.98. The number of amides is 1. The Morgan fingerprint density at radius 3 is 2.52 bits per heavy atom. The third-order valence-electron chi connectivity index (χ3n) is 3.32. The average Bonchev–Trinajstić information content (AvgIpc) is 2.44. The Balaban J connectivity index is 2.05. The molecule has 1 amide bonds. The summed E-state index contributed by atoms with van der Waals surface area (Å²) in [5, 5.41) is 9.45. The predicted octanol–water partition coefficient (Wildman–Crippen LogP) is 2.57. The van der Waals surface area contributed by atoms with E-state index < -0.39 is 0 Å². The van der Waals surface area contributed by atoms with Crippen molar-refractivity contribution in [2.45, 2.75) is 19.9 Å². The molecule has 0 saturated heterocycles. The van der Waals surface area contributed by atoms with Crippen molar-refractivity contribution in [2.75, 3.05) is 12.3 Å². The quantitative estimate of drug-likeness (QED) is 0.829. The minimum absolute atomic E-state index is 0.0329. The van der Waals surface area contributed by atoms with E-state index in [1.165, 1.54) is 0 Å². The summed E-state index contributed by atoms with van der Waals surface area (Å²) >= 11 is 0. The van der Waals surface area contributed by atoms with E-state index in [2.05, 4.69) is 0 Å². The van der Waals surface area contributed by atoms with Gasteiger partial charge in [-0.25, -0.2) is 0 Å². The van der Waals surface area contributed by atoms with Gasteiger partial charge in [0.1, 0.15) is 5.75 Å². The fourth-order valence-corrected chi connectivity index (χ4v) is 2.24. The number of hydrogen-bond acceptors (Lipinski definition) is 3. The van der Waals surface area contributed by atoms with Crippen LogP contribution < -0.4 is 5.73 Å². The monoisotopic (exact) mass is 284 g/mol. The number of aromatic hydroxyl groups is 1. The summed E-state index contributed by atoms with van der Waals surface area (Å²) in [6.07, 6.45) is 0.282. The summed E-state index contributed by atoms with van der Waals surface area (Å²) in [5.41, 5.74) is 8.29. The van der Waals surface area contributed by atoms with E-state index in [1.807, 2.05) is 37.3 Å². The number of nitrogens with zero attached hydrogens (tertiary/aromatic N) is 1. The van der Waals surface area contributed by atoms with Gasteiger partial charge in [-0.15, -0.1) is 0 Å². The Labute approximate surface area is 124 Å². The van der Waals surface area contributed by atoms with Crippen LogP contribution in [0.2, 0.25) is 0 Å². The fourth-order valence-electron chi connectivity index (χ4n) is 2.24. The van der Waals surface area contributed by atoms with Crippen molar-refractivity contribution in [3.8, 4) is 5.75 Å². The molecule has 0 heterocycles. The number of rotatable bonds is 5. The van der Waals surface area contributed by atoms with Crippen LogP contribution in [0.1, 0.15) is 18.1 Å². The third kappa shape index (κ3) is 4.24. The maximum Gasteiger partial charge on any atom is 0.227 e. The number of likely N-dealkylation sites (N-methyl/N-ethyl adjacent to an activating group) is 1. The van der Waals surface area contributed by atoms with Crippen molar-refractivity contribution in [1.82, 2.24) is 4.90 Å². The third-order valence-corrected chi connectivity index (χ3v) is 3.32. The molecule has 2 aromatic carbocycles. The smallest absolute Gasteiger partial charge is 0.227 e. The fraction of sp³-hybridized carbons (Fsp3) is 0.235. The first-order valence-electron chi connectivity index (χ1n) is 6.98. The van der Waals surface area contributed by atoms with Gasteiger partial charge in [0.25, 0.3) is 0 Å². The minimum Gasteiger partial charge on any atom is -0.508 e. The Morgan fingerprint density at radius 1 is 1.14 bits per heavy atom. The number of anilines is 1. The highest BCUT2D eigenvalue weighted by molar-refractivity contribution is 5.78. The van der Waals surface area contributed by atoms with Crippen molar-refractivity contribution >= 4 is 11.6 Å². The van der Waals surface area contributed by atoms with E-state index in [0.29, 0.717) is 18.8 Å². The summed E-state index contributed by atoms with van der Waals surface area (Å²) in [4.78, 5) is 14.1. The van der Waals surface area contributed by atoms with Crippen LogP contribution in [0.5, 0.6) is 5.75 Å². The lowest BCUT2D eigenvalue weighted by Gasteiger charge is -2.21. The number of hydrogen-bond donors (Lipinski definition) is 2. The van der Waals surface area contributed by atoms with Crippen LogP contribution in [0.3, 0.4) is 0 Å². The van der Waals surface area contributed by atoms with Crippen molar-refractivity contribution in [1.29, 1.82) is 0 Å². The van der Waals surface area contributed by atoms with E-state index in [9.17, 15) is 9.90 Å². The van der Waals surface area contributed by atoms with E-state index in [1.54, 1.807) is 23.1 Å². The summed E-state index contributed by atoms with van der Waals surface area (Å²) in [6.45, 7) is 3.12. The topological polar surface area (TPSA) is 66.6 Å². The highest BCUT2D eigenvalue weighted by Crippen LogP contribution is 2.14. The second-order valence-electron chi connectivity index (χ2n) is 5.00. The zero-order chi connectivity index (χ0) is 15.2. The normalized spacial score (nSPS) is 10.3. The van der Waals surface area contributed by atoms with Gasteiger partial charge in [-0.1, -0.05) is 24.3 Å². The average molecular weight is 284 g/mol. The maximum absolute atomic E-state index is 12.4. The molecule has 0 saturated carbocycles. The van der Waals surface area contributed by atoms with E-state index in [0.717, 1.165) is 11.1 Å². The Hall–Kier alpha value is -2.49. The van der Waals surface area contributed by atoms with Crippen LogP contribution in [-0.4, -0.2) is 22.5 Å². The molecule has 0 aromatic heterocycles. The molecule has 0 spiro atoms. The van der Waals surface area contributed by atoms with Crippen molar-refractivity contribution in [3.63, 3.8) is 0 Å². The molecule has 4 nitrogen and oxygen atoms in total. The first kappa shape index (κ1) is 14.9. The van der Waals surface area contributed by atoms with Crippen LogP contribution in [0.25, 0.3) is 0 Å². The summed E-state index contributed by atoms with van der Waals surface area (Å²) in [5.74, 6) is 0.213. The van der Waals surface area contributed by atoms with Gasteiger partial charge in [-0.3, -0.25) is 4.79 Å². The standard InChI is InChI=1S/C17H20N2O2/c1-2-19(12-14-6-3-7-15(18)9-14)17(21)11-13-5-4-8-16(20)10-13/h3-10,20H,2,11-12,18H2,1H3. The highest BCUT2D eigenvalue weighted by atomic mass is 16.3. The molecule has 3 N–H and O–H groups in total. The number of carbonyl (C=O) groups excluding carboxylic acids is 1. The lowest BCUT2D eigenvalue weighted by Crippen LogP contribution is -2.31. The van der Waals surface area contributed by atoms with Crippen molar-refractivity contribution in [2.24, 2.45) is 0 Å². The molecule has 110 valence electrons. The Bertz CT molecular complexity index is 626. The van der Waals surface area contributed by atoms with Crippen LogP contribution in [0.15, 0.2) is 48.5 Å². The number of phenols is 1. The molecule has 2 aromatic rings. The number of carbonyl (C=O) groups is 1. The van der Waals surface area contributed by atoms with Gasteiger partial charge in [0.05, 0.1) is 6.42 Å². The summed E-state index contributed by atoms with van der Waals surface area (Å²) < 4.78 is 0. The maximum atomic E-state index is 12.4. The molecule has 0 aliphatic rings. The van der Waals surface area contributed by atoms with E-state index >= 15 is 0 Å². The zero-order valence-corrected chi connectivity index (χ0v) is 12.1. The van der Waals surface area contributed by atoms with Crippen LogP contribution in [0.4, 0.5) is 5.69 Å². The van der Waals surface area contributed by atoms with Crippen LogP contribution >= 0.6 is 0 Å². The molecule has 0 aliphatic heterocycles. The Kier molecular flexibility index (Phi) is 4.82. The highest BCUT2D eigenvalue weighted by Gasteiger charge is 2.13. The molecular formula is C17H20N2O2. The molecule has 0 fully saturated rings. The van der Waals surface area contributed by atoms with Gasteiger partial charge < -0.3 is 15.7 Å². The van der Waals surface area contributed by atoms with Crippen LogP contribution in [0, 0.1) is 0 Å². The van der Waals surface area contributed by atoms with Crippen molar-refractivity contribution < 1.29 is 9.90 Å². The SMILES string of the molecule is CCN(Cc1cccc(N)c1)C(=O)Cc1cccc(O)c1. The lowest BCUT2D eigenvalue weighted by molar-refractivity contribution is -0.130. The minimum atomic E-state index is 0.0329. The van der Waals surface area contributed by atoms with Gasteiger partial charge in [-0.05, 0) is 42.3 Å². The molecule has 0 bridgehead atoms. The molecular weight excluding hydrogens is 264 g/mol. The number of phenolic OH excluding ortho intramolecular Hbond substituents is 1. The van der Waals surface area contributed by atoms with Gasteiger partial charge in [-0.2, -0.15) is 0 Å². The molecule has 2 rings (SSSR count). The van der Waals surface area contributed by atoms with E-state index in [4.69, 9.17) is 5.73 Å². The van der Waals surface area contributed by atoms with E-state index in [-0.39, 0.29) is 18.1 Å². The van der Waals surface area contributed by atoms with Gasteiger partial charge in [0, 0.05) is 18.8 Å². The molecule has 0 aliphatic carbocycles. The van der Waals surface area contributed by atoms with Crippen molar-refractivity contribution in [3.05, 3.63) is 59.7 Å². The predicted molar refractivity (Wildman–Crippen MR) is 83.8 cm³/mol. The summed E-state index contributed by atoms with van der Waals surface area (Å²) in [7, 11) is 0. The molecule has 0 radical (unpaired) electrons.